The van der Waals surface area contributed by atoms with E-state index < -0.39 is 0 Å². The number of benzene rings is 1. The van der Waals surface area contributed by atoms with Crippen molar-refractivity contribution in [2.45, 2.75) is 26.6 Å². The molecule has 1 atom stereocenters. The van der Waals surface area contributed by atoms with Gasteiger partial charge in [-0.05, 0) is 31.3 Å². The van der Waals surface area contributed by atoms with Crippen LogP contribution in [0.3, 0.4) is 0 Å². The van der Waals surface area contributed by atoms with Crippen LogP contribution in [0, 0.1) is 0 Å². The first-order chi connectivity index (χ1) is 6.13. The van der Waals surface area contributed by atoms with Crippen molar-refractivity contribution in [1.29, 1.82) is 0 Å². The summed E-state index contributed by atoms with van der Waals surface area (Å²) >= 11 is 0. The highest BCUT2D eigenvalue weighted by Crippen LogP contribution is 2.18. The zero-order valence-corrected chi connectivity index (χ0v) is 9.10. The Morgan fingerprint density at radius 3 is 2.69 bits per heavy atom. The summed E-state index contributed by atoms with van der Waals surface area (Å²) < 4.78 is 5.52. The molecule has 3 heteroatoms. The Hall–Kier alpha value is -0.590. The summed E-state index contributed by atoms with van der Waals surface area (Å²) in [6, 6.07) is 5.73. The van der Waals surface area contributed by atoms with Gasteiger partial charge in [-0.25, -0.2) is 0 Å². The van der Waals surface area contributed by atoms with Crippen LogP contribution in [0.2, 0.25) is 0 Å². The molecule has 0 aliphatic carbocycles. The summed E-state index contributed by atoms with van der Waals surface area (Å²) in [5.41, 5.74) is 0.834. The second-order valence-corrected chi connectivity index (χ2v) is 3.86. The number of rotatable bonds is 3. The maximum atomic E-state index is 9.07. The largest absolute Gasteiger partial charge is 0.491 e. The Morgan fingerprint density at radius 2 is 2.15 bits per heavy atom. The van der Waals surface area contributed by atoms with Crippen molar-refractivity contribution < 1.29 is 9.84 Å². The molecule has 0 saturated heterocycles. The molecule has 1 rings (SSSR count). The lowest BCUT2D eigenvalue weighted by atomic mass is 10.2. The molecule has 0 heterocycles. The van der Waals surface area contributed by atoms with E-state index in [0.717, 1.165) is 16.6 Å². The van der Waals surface area contributed by atoms with Gasteiger partial charge in [-0.3, -0.25) is 0 Å². The molecule has 1 aromatic carbocycles. The third kappa shape index (κ3) is 2.98. The molecule has 13 heavy (non-hydrogen) atoms. The fraction of sp³-hybridized carbons (Fsp3) is 0.400. The van der Waals surface area contributed by atoms with Crippen molar-refractivity contribution in [3.8, 4) is 5.75 Å². The number of ether oxygens (including phenoxy) is 1. The smallest absolute Gasteiger partial charge is 0.125 e. The fourth-order valence-electron chi connectivity index (χ4n) is 1.09. The van der Waals surface area contributed by atoms with Crippen LogP contribution < -0.4 is 10.0 Å². The molecular weight excluding hydrogens is 183 g/mol. The van der Waals surface area contributed by atoms with Crippen molar-refractivity contribution in [1.82, 2.24) is 0 Å². The summed E-state index contributed by atoms with van der Waals surface area (Å²) in [4.78, 5) is 0. The third-order valence-corrected chi connectivity index (χ3v) is 1.98. The molecule has 0 bridgehead atoms. The lowest BCUT2D eigenvalue weighted by molar-refractivity contribution is 0.225. The molecule has 0 radical (unpaired) electrons. The Labute approximate surface area is 81.1 Å². The Bertz CT molecular complexity index is 284. The van der Waals surface area contributed by atoms with Gasteiger partial charge >= 0.3 is 0 Å². The van der Waals surface area contributed by atoms with Crippen LogP contribution in [0.4, 0.5) is 0 Å². The van der Waals surface area contributed by atoms with Crippen LogP contribution in [-0.4, -0.2) is 11.2 Å². The van der Waals surface area contributed by atoms with Crippen molar-refractivity contribution in [3.63, 3.8) is 0 Å². The van der Waals surface area contributed by atoms with E-state index >= 15 is 0 Å². The minimum Gasteiger partial charge on any atom is -0.491 e. The standard InChI is InChI=1S/C10H15O2P/c1-7(2)12-10-4-3-9(13)5-8(10)6-11/h3-5,7,11H,6,13H2,1-2H3. The quantitative estimate of drug-likeness (QED) is 0.745. The summed E-state index contributed by atoms with van der Waals surface area (Å²) in [6.07, 6.45) is 0.139. The monoisotopic (exact) mass is 198 g/mol. The van der Waals surface area contributed by atoms with Crippen LogP contribution in [0.1, 0.15) is 19.4 Å². The summed E-state index contributed by atoms with van der Waals surface area (Å²) in [5.74, 6) is 0.767. The van der Waals surface area contributed by atoms with Crippen molar-refractivity contribution >= 4 is 14.5 Å². The van der Waals surface area contributed by atoms with Gasteiger partial charge in [0.25, 0.3) is 0 Å². The van der Waals surface area contributed by atoms with E-state index in [-0.39, 0.29) is 12.7 Å². The first-order valence-electron chi connectivity index (χ1n) is 4.29. The zero-order valence-electron chi connectivity index (χ0n) is 7.95. The molecule has 0 amide bonds. The molecule has 1 N–H and O–H groups in total. The summed E-state index contributed by atoms with van der Waals surface area (Å²) in [7, 11) is 2.59. The summed E-state index contributed by atoms with van der Waals surface area (Å²) in [5, 5.41) is 10.1. The highest BCUT2D eigenvalue weighted by Gasteiger charge is 2.04. The molecule has 0 fully saturated rings. The van der Waals surface area contributed by atoms with Gasteiger partial charge in [0.05, 0.1) is 12.7 Å². The van der Waals surface area contributed by atoms with Gasteiger partial charge in [0.15, 0.2) is 0 Å². The average molecular weight is 198 g/mol. The minimum absolute atomic E-state index is 0.0181. The third-order valence-electron chi connectivity index (χ3n) is 1.62. The van der Waals surface area contributed by atoms with Crippen LogP contribution in [0.25, 0.3) is 0 Å². The lowest BCUT2D eigenvalue weighted by Crippen LogP contribution is -2.08. The lowest BCUT2D eigenvalue weighted by Gasteiger charge is -2.13. The predicted octanol–water partition coefficient (Wildman–Crippen LogP) is 1.47. The van der Waals surface area contributed by atoms with E-state index in [1.54, 1.807) is 0 Å². The van der Waals surface area contributed by atoms with Crippen LogP contribution in [0.15, 0.2) is 18.2 Å². The number of aliphatic hydroxyl groups excluding tert-OH is 1. The number of aliphatic hydroxyl groups is 1. The SMILES string of the molecule is CC(C)Oc1ccc(P)cc1CO. The number of hydrogen-bond donors (Lipinski definition) is 1. The van der Waals surface area contributed by atoms with Gasteiger partial charge in [0.1, 0.15) is 5.75 Å². The van der Waals surface area contributed by atoms with Gasteiger partial charge in [0, 0.05) is 5.56 Å². The second-order valence-electron chi connectivity index (χ2n) is 3.19. The average Bonchev–Trinajstić information content (AvgIpc) is 2.07. The fourth-order valence-corrected chi connectivity index (χ4v) is 1.39. The summed E-state index contributed by atoms with van der Waals surface area (Å²) in [6.45, 7) is 3.95. The molecule has 2 nitrogen and oxygen atoms in total. The van der Waals surface area contributed by atoms with Crippen LogP contribution in [0.5, 0.6) is 5.75 Å². The maximum Gasteiger partial charge on any atom is 0.125 e. The topological polar surface area (TPSA) is 29.5 Å². The van der Waals surface area contributed by atoms with Gasteiger partial charge in [-0.1, -0.05) is 6.07 Å². The van der Waals surface area contributed by atoms with E-state index in [1.807, 2.05) is 32.0 Å². The van der Waals surface area contributed by atoms with Crippen LogP contribution in [-0.2, 0) is 6.61 Å². The van der Waals surface area contributed by atoms with E-state index in [4.69, 9.17) is 9.84 Å². The zero-order chi connectivity index (χ0) is 9.84. The van der Waals surface area contributed by atoms with E-state index in [0.29, 0.717) is 0 Å². The van der Waals surface area contributed by atoms with Crippen molar-refractivity contribution in [3.05, 3.63) is 23.8 Å². The molecule has 0 aliphatic heterocycles. The highest BCUT2D eigenvalue weighted by molar-refractivity contribution is 7.27. The van der Waals surface area contributed by atoms with Gasteiger partial charge < -0.3 is 9.84 Å². The first kappa shape index (κ1) is 10.5. The molecule has 0 aliphatic rings. The minimum atomic E-state index is 0.0181. The van der Waals surface area contributed by atoms with Gasteiger partial charge in [-0.2, -0.15) is 0 Å². The molecular formula is C10H15O2P. The molecule has 1 aromatic rings. The molecule has 0 aromatic heterocycles. The van der Waals surface area contributed by atoms with E-state index in [1.165, 1.54) is 0 Å². The van der Waals surface area contributed by atoms with Crippen molar-refractivity contribution in [2.75, 3.05) is 0 Å². The normalized spacial score (nSPS) is 10.5. The highest BCUT2D eigenvalue weighted by atomic mass is 31.0. The van der Waals surface area contributed by atoms with Gasteiger partial charge in [0.2, 0.25) is 0 Å². The predicted molar refractivity (Wildman–Crippen MR) is 57.5 cm³/mol. The van der Waals surface area contributed by atoms with E-state index in [2.05, 4.69) is 9.24 Å². The van der Waals surface area contributed by atoms with Crippen molar-refractivity contribution in [2.24, 2.45) is 0 Å². The Morgan fingerprint density at radius 1 is 1.46 bits per heavy atom. The molecule has 0 saturated carbocycles. The molecule has 0 spiro atoms. The van der Waals surface area contributed by atoms with E-state index in [9.17, 15) is 0 Å². The molecule has 1 unspecified atom stereocenters. The maximum absolute atomic E-state index is 9.07. The Balaban J connectivity index is 2.92. The Kier molecular flexibility index (Phi) is 3.71. The van der Waals surface area contributed by atoms with Crippen LogP contribution >= 0.6 is 9.24 Å². The molecule has 72 valence electrons. The number of hydrogen-bond acceptors (Lipinski definition) is 2. The first-order valence-corrected chi connectivity index (χ1v) is 4.87. The van der Waals surface area contributed by atoms with Gasteiger partial charge in [-0.15, -0.1) is 9.24 Å². The second kappa shape index (κ2) is 4.59.